The number of carbonyl (C=O) groups is 1. The van der Waals surface area contributed by atoms with Crippen LogP contribution in [-0.4, -0.2) is 38.9 Å². The van der Waals surface area contributed by atoms with E-state index in [2.05, 4.69) is 20.7 Å². The van der Waals surface area contributed by atoms with E-state index in [-0.39, 0.29) is 24.0 Å². The fourth-order valence-corrected chi connectivity index (χ4v) is 4.23. The summed E-state index contributed by atoms with van der Waals surface area (Å²) < 4.78 is 56.8. The van der Waals surface area contributed by atoms with Crippen LogP contribution in [0.4, 0.5) is 8.78 Å². The molecule has 0 unspecified atom stereocenters. The maximum atomic E-state index is 13.8. The number of nitrogens with zero attached hydrogens (tertiary/aromatic N) is 1. The average Bonchev–Trinajstić information content (AvgIpc) is 2.36. The Bertz CT molecular complexity index is 613. The standard InChI is InChI=1S/C12H14BrF2NO4S/c1-3-16(5-4-11(17)20-2)21(18,19)12-9(13)6-8(14)7-10(12)15/h6-7H,3-5H2,1-2H3. The van der Waals surface area contributed by atoms with Crippen LogP contribution in [-0.2, 0) is 19.6 Å². The van der Waals surface area contributed by atoms with E-state index in [0.29, 0.717) is 6.07 Å². The number of hydrogen-bond donors (Lipinski definition) is 0. The van der Waals surface area contributed by atoms with Gasteiger partial charge in [0.15, 0.2) is 0 Å². The molecule has 0 bridgehead atoms. The molecule has 1 rings (SSSR count). The van der Waals surface area contributed by atoms with Gasteiger partial charge in [-0.25, -0.2) is 17.2 Å². The first kappa shape index (κ1) is 18.0. The topological polar surface area (TPSA) is 63.7 Å². The summed E-state index contributed by atoms with van der Waals surface area (Å²) in [4.78, 5) is 10.4. The molecule has 0 N–H and O–H groups in total. The Balaban J connectivity index is 3.16. The molecule has 0 fully saturated rings. The Morgan fingerprint density at radius 1 is 1.38 bits per heavy atom. The molecule has 0 atom stereocenters. The number of benzene rings is 1. The zero-order valence-corrected chi connectivity index (χ0v) is 13.8. The van der Waals surface area contributed by atoms with E-state index in [1.165, 1.54) is 7.11 Å². The van der Waals surface area contributed by atoms with Gasteiger partial charge in [-0.1, -0.05) is 6.92 Å². The predicted molar refractivity (Wildman–Crippen MR) is 75.1 cm³/mol. The summed E-state index contributed by atoms with van der Waals surface area (Å²) in [6.45, 7) is 1.42. The van der Waals surface area contributed by atoms with E-state index in [0.717, 1.165) is 10.4 Å². The third-order valence-corrected chi connectivity index (χ3v) is 5.65. The highest BCUT2D eigenvalue weighted by Crippen LogP contribution is 2.29. The first-order valence-corrected chi connectivity index (χ1v) is 8.18. The molecule has 0 spiro atoms. The van der Waals surface area contributed by atoms with Gasteiger partial charge < -0.3 is 4.74 Å². The molecular weight excluding hydrogens is 372 g/mol. The molecule has 1 aromatic carbocycles. The summed E-state index contributed by atoms with van der Waals surface area (Å²) in [7, 11) is -3.01. The van der Waals surface area contributed by atoms with Gasteiger partial charge in [0.1, 0.15) is 16.5 Å². The second kappa shape index (κ2) is 7.28. The van der Waals surface area contributed by atoms with E-state index >= 15 is 0 Å². The van der Waals surface area contributed by atoms with Crippen LogP contribution in [0.3, 0.4) is 0 Å². The lowest BCUT2D eigenvalue weighted by molar-refractivity contribution is -0.140. The normalized spacial score (nSPS) is 11.7. The minimum Gasteiger partial charge on any atom is -0.469 e. The van der Waals surface area contributed by atoms with Crippen molar-refractivity contribution in [3.05, 3.63) is 28.2 Å². The third kappa shape index (κ3) is 4.21. The molecule has 0 amide bonds. The Labute approximate surface area is 130 Å². The molecule has 118 valence electrons. The number of esters is 1. The van der Waals surface area contributed by atoms with Gasteiger partial charge in [0.05, 0.1) is 13.5 Å². The van der Waals surface area contributed by atoms with Gasteiger partial charge >= 0.3 is 5.97 Å². The third-order valence-electron chi connectivity index (χ3n) is 2.71. The van der Waals surface area contributed by atoms with Gasteiger partial charge in [0, 0.05) is 23.6 Å². The van der Waals surface area contributed by atoms with Crippen molar-refractivity contribution >= 4 is 31.9 Å². The van der Waals surface area contributed by atoms with Gasteiger partial charge in [-0.05, 0) is 22.0 Å². The van der Waals surface area contributed by atoms with Gasteiger partial charge in [-0.15, -0.1) is 0 Å². The monoisotopic (exact) mass is 385 g/mol. The van der Waals surface area contributed by atoms with E-state index in [9.17, 15) is 22.0 Å². The summed E-state index contributed by atoms with van der Waals surface area (Å²) >= 11 is 2.85. The molecule has 0 heterocycles. The highest BCUT2D eigenvalue weighted by atomic mass is 79.9. The molecule has 1 aromatic rings. The van der Waals surface area contributed by atoms with Crippen molar-refractivity contribution < 1.29 is 26.7 Å². The summed E-state index contributed by atoms with van der Waals surface area (Å²) in [5.74, 6) is -2.67. The number of ether oxygens (including phenoxy) is 1. The lowest BCUT2D eigenvalue weighted by Crippen LogP contribution is -2.34. The smallest absolute Gasteiger partial charge is 0.306 e. The quantitative estimate of drug-likeness (QED) is 0.704. The molecule has 0 radical (unpaired) electrons. The molecule has 9 heteroatoms. The molecule has 0 saturated heterocycles. The minimum atomic E-state index is -4.20. The number of rotatable bonds is 6. The van der Waals surface area contributed by atoms with E-state index in [1.54, 1.807) is 6.92 Å². The Kier molecular flexibility index (Phi) is 6.24. The number of halogens is 3. The maximum absolute atomic E-state index is 13.8. The van der Waals surface area contributed by atoms with Crippen LogP contribution in [0.15, 0.2) is 21.5 Å². The number of sulfonamides is 1. The largest absolute Gasteiger partial charge is 0.469 e. The van der Waals surface area contributed by atoms with Gasteiger partial charge in [0.2, 0.25) is 10.0 Å². The van der Waals surface area contributed by atoms with Crippen molar-refractivity contribution in [2.24, 2.45) is 0 Å². The van der Waals surface area contributed by atoms with Crippen molar-refractivity contribution in [3.63, 3.8) is 0 Å². The van der Waals surface area contributed by atoms with Crippen molar-refractivity contribution in [3.8, 4) is 0 Å². The number of hydrogen-bond acceptors (Lipinski definition) is 4. The van der Waals surface area contributed by atoms with E-state index in [1.807, 2.05) is 0 Å². The maximum Gasteiger partial charge on any atom is 0.306 e. The zero-order chi connectivity index (χ0) is 16.2. The predicted octanol–water partition coefficient (Wildman–Crippen LogP) is 2.30. The Hall–Kier alpha value is -1.06. The molecule has 0 aromatic heterocycles. The number of carbonyl (C=O) groups excluding carboxylic acids is 1. The van der Waals surface area contributed by atoms with Crippen molar-refractivity contribution in [1.82, 2.24) is 4.31 Å². The molecule has 0 aliphatic heterocycles. The minimum absolute atomic E-state index is 0.0303. The molecular formula is C12H14BrF2NO4S. The second-order valence-electron chi connectivity index (χ2n) is 4.02. The molecule has 0 aliphatic carbocycles. The van der Waals surface area contributed by atoms with Gasteiger partial charge in [0.25, 0.3) is 0 Å². The van der Waals surface area contributed by atoms with Crippen molar-refractivity contribution in [1.29, 1.82) is 0 Å². The van der Waals surface area contributed by atoms with Crippen molar-refractivity contribution in [2.75, 3.05) is 20.2 Å². The summed E-state index contributed by atoms with van der Waals surface area (Å²) in [6, 6.07) is 1.36. The van der Waals surface area contributed by atoms with Crippen LogP contribution in [0.25, 0.3) is 0 Å². The molecule has 0 saturated carbocycles. The van der Waals surface area contributed by atoms with E-state index < -0.39 is 32.5 Å². The highest BCUT2D eigenvalue weighted by Gasteiger charge is 2.29. The zero-order valence-electron chi connectivity index (χ0n) is 11.4. The molecule has 5 nitrogen and oxygen atoms in total. The summed E-state index contributed by atoms with van der Waals surface area (Å²) in [5, 5.41) is 0. The molecule has 21 heavy (non-hydrogen) atoms. The van der Waals surface area contributed by atoms with Crippen LogP contribution in [0, 0.1) is 11.6 Å². The Morgan fingerprint density at radius 2 is 2.00 bits per heavy atom. The second-order valence-corrected chi connectivity index (χ2v) is 6.75. The highest BCUT2D eigenvalue weighted by molar-refractivity contribution is 9.10. The van der Waals surface area contributed by atoms with Crippen LogP contribution < -0.4 is 0 Å². The van der Waals surface area contributed by atoms with Crippen LogP contribution in [0.1, 0.15) is 13.3 Å². The van der Waals surface area contributed by atoms with E-state index in [4.69, 9.17) is 0 Å². The Morgan fingerprint density at radius 3 is 2.48 bits per heavy atom. The van der Waals surface area contributed by atoms with Crippen LogP contribution in [0.2, 0.25) is 0 Å². The lowest BCUT2D eigenvalue weighted by atomic mass is 10.3. The average molecular weight is 386 g/mol. The number of methoxy groups -OCH3 is 1. The van der Waals surface area contributed by atoms with Gasteiger partial charge in [-0.2, -0.15) is 4.31 Å². The van der Waals surface area contributed by atoms with Gasteiger partial charge in [-0.3, -0.25) is 4.79 Å². The SMILES string of the molecule is CCN(CCC(=O)OC)S(=O)(=O)c1c(F)cc(F)cc1Br. The van der Waals surface area contributed by atoms with Crippen LogP contribution in [0.5, 0.6) is 0 Å². The first-order valence-electron chi connectivity index (χ1n) is 5.95. The fourth-order valence-electron chi connectivity index (χ4n) is 1.67. The summed E-state index contributed by atoms with van der Waals surface area (Å²) in [5.41, 5.74) is 0. The fraction of sp³-hybridized carbons (Fsp3) is 0.417. The molecule has 0 aliphatic rings. The lowest BCUT2D eigenvalue weighted by Gasteiger charge is -2.21. The first-order chi connectivity index (χ1) is 9.73. The van der Waals surface area contributed by atoms with Crippen LogP contribution >= 0.6 is 15.9 Å². The summed E-state index contributed by atoms with van der Waals surface area (Å²) in [6.07, 6.45) is -0.163. The van der Waals surface area contributed by atoms with Crippen molar-refractivity contribution in [2.45, 2.75) is 18.2 Å².